The highest BCUT2D eigenvalue weighted by Gasteiger charge is 2.21. The second-order valence-electron chi connectivity index (χ2n) is 7.29. The monoisotopic (exact) mass is 459 g/mol. The molecule has 1 amide bonds. The number of ether oxygens (including phenoxy) is 1. The van der Waals surface area contributed by atoms with E-state index in [1.54, 1.807) is 0 Å². The van der Waals surface area contributed by atoms with Gasteiger partial charge in [-0.15, -0.1) is 10.2 Å². The Morgan fingerprint density at radius 2 is 1.70 bits per heavy atom. The van der Waals surface area contributed by atoms with Crippen molar-refractivity contribution < 1.29 is 9.53 Å². The maximum absolute atomic E-state index is 12.9. The van der Waals surface area contributed by atoms with Crippen molar-refractivity contribution in [1.29, 1.82) is 0 Å². The van der Waals surface area contributed by atoms with Crippen molar-refractivity contribution in [3.8, 4) is 28.3 Å². The third-order valence-electron chi connectivity index (χ3n) is 5.01. The molecule has 0 aliphatic heterocycles. The number of hydrogen-bond donors (Lipinski definition) is 2. The van der Waals surface area contributed by atoms with Crippen LogP contribution in [0.15, 0.2) is 84.0 Å². The molecule has 33 heavy (non-hydrogen) atoms. The van der Waals surface area contributed by atoms with E-state index in [1.807, 2.05) is 92.7 Å². The van der Waals surface area contributed by atoms with E-state index < -0.39 is 5.25 Å². The minimum absolute atomic E-state index is 0.144. The van der Waals surface area contributed by atoms with Crippen LogP contribution in [0.25, 0.3) is 22.5 Å². The van der Waals surface area contributed by atoms with Crippen molar-refractivity contribution >= 4 is 23.4 Å². The van der Waals surface area contributed by atoms with E-state index in [1.165, 1.54) is 16.4 Å². The molecule has 4 aromatic rings. The zero-order valence-corrected chi connectivity index (χ0v) is 19.3. The number of hydrogen-bond acceptors (Lipinski definition) is 6. The van der Waals surface area contributed by atoms with Crippen LogP contribution in [0.1, 0.15) is 13.8 Å². The molecular formula is C25H25N5O2S. The molecule has 4 rings (SSSR count). The number of anilines is 1. The maximum atomic E-state index is 12.9. The van der Waals surface area contributed by atoms with Gasteiger partial charge < -0.3 is 15.9 Å². The lowest BCUT2D eigenvalue weighted by molar-refractivity contribution is -0.115. The fourth-order valence-corrected chi connectivity index (χ4v) is 4.10. The Labute approximate surface area is 197 Å². The third kappa shape index (κ3) is 5.18. The molecule has 1 aromatic heterocycles. The minimum atomic E-state index is -0.437. The Morgan fingerprint density at radius 1 is 1.00 bits per heavy atom. The van der Waals surface area contributed by atoms with Gasteiger partial charge in [0.2, 0.25) is 11.1 Å². The summed E-state index contributed by atoms with van der Waals surface area (Å²) in [6, 6.07) is 25.2. The summed E-state index contributed by atoms with van der Waals surface area (Å²) in [4.78, 5) is 12.9. The number of carbonyl (C=O) groups is 1. The molecule has 3 aromatic carbocycles. The van der Waals surface area contributed by atoms with Crippen LogP contribution in [0.3, 0.4) is 0 Å². The number of thioether (sulfide) groups is 1. The largest absolute Gasteiger partial charge is 0.494 e. The minimum Gasteiger partial charge on any atom is -0.494 e. The van der Waals surface area contributed by atoms with Crippen LogP contribution in [0.2, 0.25) is 0 Å². The molecule has 3 N–H and O–H groups in total. The lowest BCUT2D eigenvalue weighted by Gasteiger charge is -2.14. The normalized spacial score (nSPS) is 11.7. The second-order valence-corrected chi connectivity index (χ2v) is 8.60. The van der Waals surface area contributed by atoms with Crippen LogP contribution < -0.4 is 15.9 Å². The highest BCUT2D eigenvalue weighted by molar-refractivity contribution is 8.00. The highest BCUT2D eigenvalue weighted by Crippen LogP contribution is 2.30. The van der Waals surface area contributed by atoms with Crippen molar-refractivity contribution in [2.45, 2.75) is 24.3 Å². The van der Waals surface area contributed by atoms with Gasteiger partial charge in [0.15, 0.2) is 5.82 Å². The molecular weight excluding hydrogens is 434 g/mol. The molecule has 0 fully saturated rings. The third-order valence-corrected chi connectivity index (χ3v) is 6.07. The highest BCUT2D eigenvalue weighted by atomic mass is 32.2. The van der Waals surface area contributed by atoms with Gasteiger partial charge in [0, 0.05) is 16.8 Å². The van der Waals surface area contributed by atoms with Gasteiger partial charge in [-0.2, -0.15) is 0 Å². The number of nitrogens with one attached hydrogen (secondary N) is 1. The summed E-state index contributed by atoms with van der Waals surface area (Å²) in [7, 11) is 0. The van der Waals surface area contributed by atoms with Crippen LogP contribution >= 0.6 is 11.8 Å². The molecule has 168 valence electrons. The molecule has 0 saturated carbocycles. The standard InChI is InChI=1S/C25H25N5O2S/c1-3-32-20-15-13-19(14-16-20)23-28-29-25(30(23)26)33-17(2)24(31)27-22-12-8-7-11-21(22)18-9-5-4-6-10-18/h4-17H,3,26H2,1-2H3,(H,27,31). The summed E-state index contributed by atoms with van der Waals surface area (Å²) in [6.45, 7) is 4.35. The average Bonchev–Trinajstić information content (AvgIpc) is 3.20. The van der Waals surface area contributed by atoms with Crippen LogP contribution in [-0.4, -0.2) is 32.6 Å². The smallest absolute Gasteiger partial charge is 0.237 e. The summed E-state index contributed by atoms with van der Waals surface area (Å²) < 4.78 is 6.88. The summed E-state index contributed by atoms with van der Waals surface area (Å²) in [5.41, 5.74) is 3.57. The van der Waals surface area contributed by atoms with Gasteiger partial charge >= 0.3 is 0 Å². The average molecular weight is 460 g/mol. The first kappa shape index (κ1) is 22.4. The van der Waals surface area contributed by atoms with E-state index in [-0.39, 0.29) is 5.91 Å². The fraction of sp³-hybridized carbons (Fsp3) is 0.160. The van der Waals surface area contributed by atoms with Gasteiger partial charge in [-0.05, 0) is 49.7 Å². The lowest BCUT2D eigenvalue weighted by atomic mass is 10.0. The van der Waals surface area contributed by atoms with E-state index >= 15 is 0 Å². The maximum Gasteiger partial charge on any atom is 0.237 e. The summed E-state index contributed by atoms with van der Waals surface area (Å²) in [5.74, 6) is 7.39. The Kier molecular flexibility index (Phi) is 6.95. The first-order valence-corrected chi connectivity index (χ1v) is 11.5. The van der Waals surface area contributed by atoms with Crippen LogP contribution in [-0.2, 0) is 4.79 Å². The van der Waals surface area contributed by atoms with Gasteiger partial charge in [0.25, 0.3) is 0 Å². The number of nitrogens with two attached hydrogens (primary N) is 1. The number of para-hydroxylation sites is 1. The van der Waals surface area contributed by atoms with E-state index in [9.17, 15) is 4.79 Å². The predicted octanol–water partition coefficient (Wildman–Crippen LogP) is 4.84. The molecule has 0 aliphatic carbocycles. The first-order valence-electron chi connectivity index (χ1n) is 10.6. The number of aromatic nitrogens is 3. The summed E-state index contributed by atoms with van der Waals surface area (Å²) >= 11 is 1.25. The topological polar surface area (TPSA) is 95.1 Å². The van der Waals surface area contributed by atoms with Gasteiger partial charge in [-0.3, -0.25) is 4.79 Å². The van der Waals surface area contributed by atoms with Crippen molar-refractivity contribution in [2.75, 3.05) is 17.8 Å². The number of rotatable bonds is 8. The molecule has 0 aliphatic rings. The molecule has 0 spiro atoms. The van der Waals surface area contributed by atoms with Gasteiger partial charge in [0.05, 0.1) is 11.9 Å². The van der Waals surface area contributed by atoms with Gasteiger partial charge in [-0.1, -0.05) is 60.3 Å². The summed E-state index contributed by atoms with van der Waals surface area (Å²) in [6.07, 6.45) is 0. The number of benzene rings is 3. The Morgan fingerprint density at radius 3 is 2.42 bits per heavy atom. The molecule has 8 heteroatoms. The molecule has 1 atom stereocenters. The van der Waals surface area contributed by atoms with Crippen LogP contribution in [0.4, 0.5) is 5.69 Å². The SMILES string of the molecule is CCOc1ccc(-c2nnc(SC(C)C(=O)Nc3ccccc3-c3ccccc3)n2N)cc1. The van der Waals surface area contributed by atoms with Crippen molar-refractivity contribution in [2.24, 2.45) is 0 Å². The molecule has 0 bridgehead atoms. The molecule has 0 radical (unpaired) electrons. The van der Waals surface area contributed by atoms with Crippen LogP contribution in [0, 0.1) is 0 Å². The van der Waals surface area contributed by atoms with E-state index in [0.717, 1.165) is 28.1 Å². The summed E-state index contributed by atoms with van der Waals surface area (Å²) in [5, 5.41) is 11.4. The number of amides is 1. The quantitative estimate of drug-likeness (QED) is 0.289. The Bertz CT molecular complexity index is 1230. The Balaban J connectivity index is 1.46. The zero-order chi connectivity index (χ0) is 23.2. The van der Waals surface area contributed by atoms with Gasteiger partial charge in [0.1, 0.15) is 5.75 Å². The second kappa shape index (κ2) is 10.2. The first-order chi connectivity index (χ1) is 16.1. The zero-order valence-electron chi connectivity index (χ0n) is 18.4. The van der Waals surface area contributed by atoms with E-state index in [0.29, 0.717) is 17.6 Å². The molecule has 7 nitrogen and oxygen atoms in total. The lowest BCUT2D eigenvalue weighted by Crippen LogP contribution is -2.24. The number of nitrogens with zero attached hydrogens (tertiary/aromatic N) is 3. The van der Waals surface area contributed by atoms with Crippen molar-refractivity contribution in [3.63, 3.8) is 0 Å². The molecule has 1 unspecified atom stereocenters. The number of nitrogen functional groups attached to an aromatic ring is 1. The Hall–Kier alpha value is -3.78. The fourth-order valence-electron chi connectivity index (χ4n) is 3.33. The molecule has 1 heterocycles. The van der Waals surface area contributed by atoms with Gasteiger partial charge in [-0.25, -0.2) is 4.68 Å². The van der Waals surface area contributed by atoms with Crippen molar-refractivity contribution in [1.82, 2.24) is 14.9 Å². The van der Waals surface area contributed by atoms with Crippen molar-refractivity contribution in [3.05, 3.63) is 78.9 Å². The molecule has 0 saturated heterocycles. The van der Waals surface area contributed by atoms with E-state index in [4.69, 9.17) is 10.6 Å². The predicted molar refractivity (Wildman–Crippen MR) is 133 cm³/mol. The van der Waals surface area contributed by atoms with E-state index in [2.05, 4.69) is 15.5 Å². The number of carbonyl (C=O) groups excluding carboxylic acids is 1. The van der Waals surface area contributed by atoms with Crippen LogP contribution in [0.5, 0.6) is 5.75 Å².